The van der Waals surface area contributed by atoms with Crippen LogP contribution < -0.4 is 5.32 Å². The number of halogens is 1. The van der Waals surface area contributed by atoms with Gasteiger partial charge in [0.2, 0.25) is 5.91 Å². The molecule has 1 N–H and O–H groups in total. The second kappa shape index (κ2) is 11.3. The Hall–Kier alpha value is -2.77. The topological polar surface area (TPSA) is 55.9 Å². The number of likely N-dealkylation sites (tertiary alicyclic amines) is 1. The van der Waals surface area contributed by atoms with Crippen molar-refractivity contribution >= 4 is 11.8 Å². The maximum Gasteiger partial charge on any atom is 0.254 e. The smallest absolute Gasteiger partial charge is 0.254 e. The van der Waals surface area contributed by atoms with Crippen molar-refractivity contribution in [2.24, 2.45) is 5.92 Å². The molecule has 0 aromatic heterocycles. The minimum atomic E-state index is -0.511. The molecule has 35 heavy (non-hydrogen) atoms. The molecule has 2 atom stereocenters. The van der Waals surface area contributed by atoms with Crippen LogP contribution in [0.15, 0.2) is 48.5 Å². The Balaban J connectivity index is 1.59. The van der Waals surface area contributed by atoms with E-state index in [2.05, 4.69) is 55.3 Å². The minimum Gasteiger partial charge on any atom is -0.338 e. The van der Waals surface area contributed by atoms with Crippen molar-refractivity contribution in [3.05, 3.63) is 71.0 Å². The summed E-state index contributed by atoms with van der Waals surface area (Å²) in [5, 5.41) is 3.29. The maximum absolute atomic E-state index is 13.6. The van der Waals surface area contributed by atoms with E-state index >= 15 is 0 Å². The fourth-order valence-electron chi connectivity index (χ4n) is 5.13. The molecule has 0 radical (unpaired) electrons. The van der Waals surface area contributed by atoms with Gasteiger partial charge in [-0.15, -0.1) is 0 Å². The lowest BCUT2D eigenvalue weighted by Gasteiger charge is -2.32. The van der Waals surface area contributed by atoms with Crippen LogP contribution in [-0.2, 0) is 11.3 Å². The first-order valence-electron chi connectivity index (χ1n) is 12.7. The molecule has 4 rings (SSSR count). The zero-order valence-electron chi connectivity index (χ0n) is 21.0. The minimum absolute atomic E-state index is 0.0179. The molecule has 2 unspecified atom stereocenters. The van der Waals surface area contributed by atoms with Crippen molar-refractivity contribution in [1.82, 2.24) is 20.0 Å². The quantitative estimate of drug-likeness (QED) is 0.661. The highest BCUT2D eigenvalue weighted by Gasteiger charge is 2.43. The van der Waals surface area contributed by atoms with Crippen LogP contribution in [0.5, 0.6) is 0 Å². The van der Waals surface area contributed by atoms with Crippen molar-refractivity contribution in [1.29, 1.82) is 0 Å². The summed E-state index contributed by atoms with van der Waals surface area (Å²) in [6.07, 6.45) is 0.605. The molecule has 7 heteroatoms. The molecule has 0 saturated carbocycles. The van der Waals surface area contributed by atoms with Gasteiger partial charge in [0.15, 0.2) is 0 Å². The number of rotatable bonds is 7. The van der Waals surface area contributed by atoms with E-state index < -0.39 is 6.04 Å². The second-order valence-electron chi connectivity index (χ2n) is 10.3. The molecule has 2 heterocycles. The first-order chi connectivity index (χ1) is 16.8. The molecule has 2 aromatic rings. The number of nitrogens with one attached hydrogen (secondary N) is 1. The fraction of sp³-hybridized carbons (Fsp3) is 0.500. The number of hydrogen-bond acceptors (Lipinski definition) is 4. The Bertz CT molecular complexity index is 1000. The Morgan fingerprint density at radius 1 is 1.06 bits per heavy atom. The number of piperazine rings is 1. The second-order valence-corrected chi connectivity index (χ2v) is 10.3. The number of nitrogens with zero attached hydrogens (tertiary/aromatic N) is 3. The summed E-state index contributed by atoms with van der Waals surface area (Å²) < 4.78 is 13.5. The van der Waals surface area contributed by atoms with Crippen LogP contribution in [-0.4, -0.2) is 77.9 Å². The molecule has 2 saturated heterocycles. The van der Waals surface area contributed by atoms with Crippen LogP contribution in [0.25, 0.3) is 0 Å². The number of hydrogen-bond donors (Lipinski definition) is 1. The zero-order valence-corrected chi connectivity index (χ0v) is 21.0. The van der Waals surface area contributed by atoms with Gasteiger partial charge in [-0.1, -0.05) is 43.7 Å². The molecular formula is C28H37FN4O2. The Morgan fingerprint density at radius 3 is 2.34 bits per heavy atom. The van der Waals surface area contributed by atoms with Crippen LogP contribution in [0.2, 0.25) is 0 Å². The lowest BCUT2D eigenvalue weighted by molar-refractivity contribution is -0.135. The third-order valence-electron chi connectivity index (χ3n) is 6.97. The third kappa shape index (κ3) is 6.27. The molecule has 2 fully saturated rings. The lowest BCUT2D eigenvalue weighted by atomic mass is 10.1. The standard InChI is InChI=1S/C28H37FN4O2/c1-20(2)17-32(18-22-6-4-21(3)5-7-22)25-16-26(28(35)31-14-12-30-13-15-31)33(19-25)27(34)23-8-10-24(29)11-9-23/h4-11,20,25-26,30H,12-19H2,1-3H3. The van der Waals surface area contributed by atoms with Crippen molar-refractivity contribution in [3.8, 4) is 0 Å². The highest BCUT2D eigenvalue weighted by atomic mass is 19.1. The predicted molar refractivity (Wildman–Crippen MR) is 136 cm³/mol. The summed E-state index contributed by atoms with van der Waals surface area (Å²) >= 11 is 0. The summed E-state index contributed by atoms with van der Waals surface area (Å²) in [7, 11) is 0. The predicted octanol–water partition coefficient (Wildman–Crippen LogP) is 3.31. The molecule has 2 aliphatic heterocycles. The van der Waals surface area contributed by atoms with E-state index in [0.717, 1.165) is 26.2 Å². The van der Waals surface area contributed by atoms with Gasteiger partial charge in [0.05, 0.1) is 0 Å². The average molecular weight is 481 g/mol. The van der Waals surface area contributed by atoms with Crippen molar-refractivity contribution < 1.29 is 14.0 Å². The van der Waals surface area contributed by atoms with Crippen molar-refractivity contribution in [3.63, 3.8) is 0 Å². The molecule has 2 aliphatic rings. The number of carbonyl (C=O) groups excluding carboxylic acids is 2. The SMILES string of the molecule is Cc1ccc(CN(CC(C)C)C2CC(C(=O)N3CCNCC3)N(C(=O)c3ccc(F)cc3)C2)cc1. The highest BCUT2D eigenvalue weighted by Crippen LogP contribution is 2.28. The summed E-state index contributed by atoms with van der Waals surface area (Å²) in [6.45, 7) is 11.4. The molecular weight excluding hydrogens is 443 g/mol. The average Bonchev–Trinajstić information content (AvgIpc) is 3.30. The molecule has 0 bridgehead atoms. The monoisotopic (exact) mass is 480 g/mol. The van der Waals surface area contributed by atoms with Gasteiger partial charge in [-0.25, -0.2) is 4.39 Å². The molecule has 0 aliphatic carbocycles. The number of benzene rings is 2. The van der Waals surface area contributed by atoms with Gasteiger partial charge in [-0.05, 0) is 49.1 Å². The number of amides is 2. The number of carbonyl (C=O) groups is 2. The van der Waals surface area contributed by atoms with Gasteiger partial charge in [-0.2, -0.15) is 0 Å². The largest absolute Gasteiger partial charge is 0.338 e. The van der Waals surface area contributed by atoms with Crippen LogP contribution in [0.3, 0.4) is 0 Å². The van der Waals surface area contributed by atoms with E-state index in [1.54, 1.807) is 4.90 Å². The zero-order chi connectivity index (χ0) is 24.9. The van der Waals surface area contributed by atoms with Gasteiger partial charge in [-0.3, -0.25) is 14.5 Å². The van der Waals surface area contributed by atoms with E-state index in [1.807, 2.05) is 4.90 Å². The van der Waals surface area contributed by atoms with E-state index in [-0.39, 0.29) is 23.7 Å². The summed E-state index contributed by atoms with van der Waals surface area (Å²) in [6, 6.07) is 13.7. The summed E-state index contributed by atoms with van der Waals surface area (Å²) in [5.41, 5.74) is 2.87. The van der Waals surface area contributed by atoms with Crippen molar-refractivity contribution in [2.75, 3.05) is 39.3 Å². The molecule has 2 aromatic carbocycles. The van der Waals surface area contributed by atoms with Crippen LogP contribution >= 0.6 is 0 Å². The van der Waals surface area contributed by atoms with Gasteiger partial charge in [0, 0.05) is 57.4 Å². The molecule has 2 amide bonds. The molecule has 188 valence electrons. The van der Waals surface area contributed by atoms with E-state index in [1.165, 1.54) is 35.4 Å². The summed E-state index contributed by atoms with van der Waals surface area (Å²) in [5.74, 6) is -0.120. The Labute approximate surface area is 208 Å². The first kappa shape index (κ1) is 25.3. The number of aryl methyl sites for hydroxylation is 1. The van der Waals surface area contributed by atoms with E-state index in [0.29, 0.717) is 37.5 Å². The fourth-order valence-corrected chi connectivity index (χ4v) is 5.13. The maximum atomic E-state index is 13.6. The lowest BCUT2D eigenvalue weighted by Crippen LogP contribution is -2.53. The Morgan fingerprint density at radius 2 is 1.71 bits per heavy atom. The van der Waals surface area contributed by atoms with Gasteiger partial charge in [0.1, 0.15) is 11.9 Å². The van der Waals surface area contributed by atoms with Gasteiger partial charge >= 0.3 is 0 Å². The summed E-state index contributed by atoms with van der Waals surface area (Å²) in [4.78, 5) is 33.2. The Kier molecular flexibility index (Phi) is 8.19. The first-order valence-corrected chi connectivity index (χ1v) is 12.7. The van der Waals surface area contributed by atoms with Gasteiger partial charge < -0.3 is 15.1 Å². The normalized spacial score (nSPS) is 20.6. The van der Waals surface area contributed by atoms with Crippen LogP contribution in [0, 0.1) is 18.7 Å². The van der Waals surface area contributed by atoms with E-state index in [4.69, 9.17) is 0 Å². The van der Waals surface area contributed by atoms with Crippen molar-refractivity contribution in [2.45, 2.75) is 45.8 Å². The van der Waals surface area contributed by atoms with E-state index in [9.17, 15) is 14.0 Å². The van der Waals surface area contributed by atoms with Crippen LogP contribution in [0.4, 0.5) is 4.39 Å². The van der Waals surface area contributed by atoms with Crippen LogP contribution in [0.1, 0.15) is 41.8 Å². The third-order valence-corrected chi connectivity index (χ3v) is 6.97. The highest BCUT2D eigenvalue weighted by molar-refractivity contribution is 5.98. The molecule has 0 spiro atoms. The van der Waals surface area contributed by atoms with Gasteiger partial charge in [0.25, 0.3) is 5.91 Å². The molecule has 6 nitrogen and oxygen atoms in total.